The highest BCUT2D eigenvalue weighted by Gasteiger charge is 2.37. The van der Waals surface area contributed by atoms with Crippen molar-refractivity contribution in [2.24, 2.45) is 5.16 Å². The number of esters is 1. The molecule has 0 spiro atoms. The van der Waals surface area contributed by atoms with Gasteiger partial charge >= 0.3 is 5.97 Å². The molecule has 0 saturated carbocycles. The minimum absolute atomic E-state index is 0.146. The molecule has 0 atom stereocenters. The number of carbonyl (C=O) groups is 1. The van der Waals surface area contributed by atoms with E-state index in [2.05, 4.69) is 71.5 Å². The van der Waals surface area contributed by atoms with Crippen LogP contribution < -0.4 is 5.32 Å². The molecule has 0 saturated heterocycles. The maximum absolute atomic E-state index is 12.6. The first-order valence-corrected chi connectivity index (χ1v) is 18.4. The molecule has 4 rings (SSSR count). The van der Waals surface area contributed by atoms with Crippen molar-refractivity contribution in [2.75, 3.05) is 11.9 Å². The average molecular weight is 599 g/mol. The van der Waals surface area contributed by atoms with Gasteiger partial charge in [-0.3, -0.25) is 4.79 Å². The van der Waals surface area contributed by atoms with Gasteiger partial charge in [-0.1, -0.05) is 116 Å². The summed E-state index contributed by atoms with van der Waals surface area (Å²) in [5, 5.41) is 9.91. The van der Waals surface area contributed by atoms with E-state index in [0.29, 0.717) is 11.7 Å². The van der Waals surface area contributed by atoms with Crippen molar-refractivity contribution in [1.29, 1.82) is 0 Å². The molecule has 1 heterocycles. The number of carbonyl (C=O) groups excluding carboxylic acids is 2. The van der Waals surface area contributed by atoms with Gasteiger partial charge in [0.2, 0.25) is 5.60 Å². The SMILES string of the molecule is CC(C)(O/N=C(\[C]=O)c1csc(NC(c2ccccc2)(c2ccccc2)c2ccccc2)n1)C(=O)OCC[Si](C)(C)C. The third-order valence-corrected chi connectivity index (χ3v) is 9.16. The third-order valence-electron chi connectivity index (χ3n) is 6.70. The van der Waals surface area contributed by atoms with E-state index in [1.54, 1.807) is 19.2 Å². The Hall–Kier alpha value is -4.08. The lowest BCUT2D eigenvalue weighted by Crippen LogP contribution is -2.38. The van der Waals surface area contributed by atoms with E-state index in [4.69, 9.17) is 9.57 Å². The summed E-state index contributed by atoms with van der Waals surface area (Å²) in [6.45, 7) is 10.1. The van der Waals surface area contributed by atoms with Crippen molar-refractivity contribution in [3.05, 3.63) is 119 Å². The van der Waals surface area contributed by atoms with Crippen LogP contribution in [-0.2, 0) is 24.7 Å². The Morgan fingerprint density at radius 2 is 1.40 bits per heavy atom. The van der Waals surface area contributed by atoms with Crippen molar-refractivity contribution in [3.8, 4) is 0 Å². The van der Waals surface area contributed by atoms with Crippen molar-refractivity contribution in [2.45, 2.75) is 50.7 Å². The number of hydrogen-bond acceptors (Lipinski definition) is 8. The van der Waals surface area contributed by atoms with E-state index in [-0.39, 0.29) is 11.4 Å². The quantitative estimate of drug-likeness (QED) is 0.0584. The van der Waals surface area contributed by atoms with E-state index in [9.17, 15) is 9.59 Å². The molecule has 0 bridgehead atoms. The van der Waals surface area contributed by atoms with Gasteiger partial charge in [0.15, 0.2) is 10.8 Å². The molecule has 1 radical (unpaired) electrons. The molecule has 3 aromatic carbocycles. The standard InChI is InChI=1S/C33H36N3O4SSi/c1-32(2,30(38)39-21-22-42(3,4)5)40-36-28(23-37)29-24-41-31(34-29)35-33(25-15-9-6-10-16-25,26-17-11-7-12-18-26)27-19-13-8-14-20-27/h6-20,24H,21-22H2,1-5H3,(H,34,35)/b36-28+. The number of thiazole rings is 1. The molecule has 0 aliphatic carbocycles. The average Bonchev–Trinajstić information content (AvgIpc) is 3.45. The zero-order valence-electron chi connectivity index (χ0n) is 24.6. The van der Waals surface area contributed by atoms with Crippen LogP contribution in [0.15, 0.2) is 102 Å². The van der Waals surface area contributed by atoms with E-state index in [0.717, 1.165) is 22.7 Å². The second-order valence-corrected chi connectivity index (χ2v) is 18.1. The zero-order chi connectivity index (χ0) is 30.2. The number of benzene rings is 3. The van der Waals surface area contributed by atoms with Gasteiger partial charge in [-0.2, -0.15) is 0 Å². The van der Waals surface area contributed by atoms with Gasteiger partial charge in [-0.25, -0.2) is 9.78 Å². The first-order valence-electron chi connectivity index (χ1n) is 13.8. The number of nitrogens with one attached hydrogen (secondary N) is 1. The summed E-state index contributed by atoms with van der Waals surface area (Å²) < 4.78 is 5.42. The highest BCUT2D eigenvalue weighted by molar-refractivity contribution is 7.14. The van der Waals surface area contributed by atoms with Crippen LogP contribution in [0.1, 0.15) is 36.2 Å². The first-order chi connectivity index (χ1) is 20.0. The summed E-state index contributed by atoms with van der Waals surface area (Å²) >= 11 is 1.33. The fourth-order valence-corrected chi connectivity index (χ4v) is 5.78. The minimum atomic E-state index is -1.39. The van der Waals surface area contributed by atoms with Crippen LogP contribution in [0.5, 0.6) is 0 Å². The van der Waals surface area contributed by atoms with Gasteiger partial charge in [-0.05, 0) is 36.6 Å². The lowest BCUT2D eigenvalue weighted by atomic mass is 9.77. The molecule has 0 aliphatic rings. The van der Waals surface area contributed by atoms with Crippen LogP contribution >= 0.6 is 11.3 Å². The smallest absolute Gasteiger partial charge is 0.352 e. The second kappa shape index (κ2) is 13.3. The molecule has 217 valence electrons. The highest BCUT2D eigenvalue weighted by atomic mass is 32.1. The van der Waals surface area contributed by atoms with E-state index in [1.165, 1.54) is 11.3 Å². The van der Waals surface area contributed by atoms with Crippen molar-refractivity contribution in [3.63, 3.8) is 0 Å². The summed E-state index contributed by atoms with van der Waals surface area (Å²) in [6.07, 6.45) is 1.81. The van der Waals surface area contributed by atoms with Gasteiger partial charge in [0.05, 0.1) is 6.61 Å². The second-order valence-electron chi connectivity index (χ2n) is 11.6. The summed E-state index contributed by atoms with van der Waals surface area (Å²) in [5.41, 5.74) is 1.03. The Kier molecular flexibility index (Phi) is 9.75. The maximum atomic E-state index is 12.6. The molecule has 1 N–H and O–H groups in total. The van der Waals surface area contributed by atoms with E-state index >= 15 is 0 Å². The number of aromatic nitrogens is 1. The Morgan fingerprint density at radius 3 is 1.86 bits per heavy atom. The van der Waals surface area contributed by atoms with Crippen LogP contribution in [0.2, 0.25) is 25.7 Å². The first kappa shape index (κ1) is 30.9. The van der Waals surface area contributed by atoms with Crippen LogP contribution in [0.3, 0.4) is 0 Å². The van der Waals surface area contributed by atoms with Crippen LogP contribution in [0.25, 0.3) is 0 Å². The lowest BCUT2D eigenvalue weighted by molar-refractivity contribution is -0.167. The molecule has 7 nitrogen and oxygen atoms in total. The number of oxime groups is 1. The van der Waals surface area contributed by atoms with Gasteiger partial charge in [-0.15, -0.1) is 11.3 Å². The van der Waals surface area contributed by atoms with Crippen molar-refractivity contribution < 1.29 is 19.2 Å². The molecule has 42 heavy (non-hydrogen) atoms. The fourth-order valence-electron chi connectivity index (χ4n) is 4.32. The monoisotopic (exact) mass is 598 g/mol. The van der Waals surface area contributed by atoms with E-state index < -0.39 is 25.2 Å². The summed E-state index contributed by atoms with van der Waals surface area (Å²) in [4.78, 5) is 34.8. The molecule has 0 unspecified atom stereocenters. The number of rotatable bonds is 13. The van der Waals surface area contributed by atoms with Gasteiger partial charge in [0.25, 0.3) is 6.29 Å². The molecule has 0 fully saturated rings. The van der Waals surface area contributed by atoms with Crippen LogP contribution in [0, 0.1) is 0 Å². The predicted octanol–water partition coefficient (Wildman–Crippen LogP) is 7.04. The fraction of sp³-hybridized carbons (Fsp3) is 0.273. The molecule has 9 heteroatoms. The summed E-state index contributed by atoms with van der Waals surface area (Å²) in [6, 6.07) is 31.3. The number of hydrogen-bond donors (Lipinski definition) is 1. The Morgan fingerprint density at radius 1 is 0.905 bits per heavy atom. The molecule has 0 amide bonds. The van der Waals surface area contributed by atoms with Crippen molar-refractivity contribution >= 4 is 42.5 Å². The summed E-state index contributed by atoms with van der Waals surface area (Å²) in [7, 11) is -1.36. The van der Waals surface area contributed by atoms with Crippen LogP contribution in [0.4, 0.5) is 5.13 Å². The number of anilines is 1. The Bertz CT molecular complexity index is 1400. The number of nitrogens with zero attached hydrogens (tertiary/aromatic N) is 2. The topological polar surface area (TPSA) is 89.9 Å². The van der Waals surface area contributed by atoms with Crippen LogP contribution in [-0.4, -0.2) is 43.2 Å². The molecule has 0 aliphatic heterocycles. The normalized spacial score (nSPS) is 12.5. The maximum Gasteiger partial charge on any atom is 0.352 e. The molecule has 4 aromatic rings. The predicted molar refractivity (Wildman–Crippen MR) is 171 cm³/mol. The Labute approximate surface area is 252 Å². The minimum Gasteiger partial charge on any atom is -0.463 e. The zero-order valence-corrected chi connectivity index (χ0v) is 26.4. The van der Waals surface area contributed by atoms with E-state index in [1.807, 2.05) is 60.9 Å². The largest absolute Gasteiger partial charge is 0.463 e. The Balaban J connectivity index is 1.64. The van der Waals surface area contributed by atoms with Crippen molar-refractivity contribution in [1.82, 2.24) is 4.98 Å². The molecule has 1 aromatic heterocycles. The third kappa shape index (κ3) is 7.40. The molecular weight excluding hydrogens is 563 g/mol. The highest BCUT2D eigenvalue weighted by Crippen LogP contribution is 2.40. The van der Waals surface area contributed by atoms with Gasteiger partial charge in [0, 0.05) is 13.5 Å². The van der Waals surface area contributed by atoms with Gasteiger partial charge < -0.3 is 14.9 Å². The van der Waals surface area contributed by atoms with Gasteiger partial charge in [0.1, 0.15) is 11.2 Å². The lowest BCUT2D eigenvalue weighted by Gasteiger charge is -2.36. The molecular formula is C33H36N3O4SSi. The number of ether oxygens (including phenoxy) is 1. The summed E-state index contributed by atoms with van der Waals surface area (Å²) in [5.74, 6) is -0.547.